The number of ether oxygens (including phenoxy) is 2. The molecule has 6 nitrogen and oxygen atoms in total. The van der Waals surface area contributed by atoms with E-state index in [-0.39, 0.29) is 18.0 Å². The third-order valence-corrected chi connectivity index (χ3v) is 4.75. The molecule has 0 aliphatic carbocycles. The molecule has 0 bridgehead atoms. The van der Waals surface area contributed by atoms with E-state index in [0.29, 0.717) is 18.2 Å². The number of carbonyl (C=O) groups is 1. The van der Waals surface area contributed by atoms with Crippen molar-refractivity contribution in [1.29, 1.82) is 0 Å². The molecule has 6 heteroatoms. The van der Waals surface area contributed by atoms with Crippen molar-refractivity contribution in [2.45, 2.75) is 33.2 Å². The van der Waals surface area contributed by atoms with Gasteiger partial charge in [0.15, 0.2) is 0 Å². The van der Waals surface area contributed by atoms with Gasteiger partial charge < -0.3 is 19.4 Å². The molecule has 144 valence electrons. The molecule has 1 aromatic heterocycles. The molecule has 1 saturated heterocycles. The molecular weight excluding hydrogens is 344 g/mol. The van der Waals surface area contributed by atoms with Crippen LogP contribution in [0.3, 0.4) is 0 Å². The summed E-state index contributed by atoms with van der Waals surface area (Å²) in [6.07, 6.45) is 3.66. The lowest BCUT2D eigenvalue weighted by Crippen LogP contribution is -2.26. The van der Waals surface area contributed by atoms with Crippen LogP contribution in [0, 0.1) is 19.8 Å². The van der Waals surface area contributed by atoms with Gasteiger partial charge in [0, 0.05) is 37.2 Å². The van der Waals surface area contributed by atoms with Gasteiger partial charge in [-0.05, 0) is 55.9 Å². The molecule has 1 aromatic carbocycles. The highest BCUT2D eigenvalue weighted by molar-refractivity contribution is 5.90. The van der Waals surface area contributed by atoms with E-state index in [9.17, 15) is 9.59 Å². The van der Waals surface area contributed by atoms with Crippen molar-refractivity contribution in [3.8, 4) is 5.75 Å². The van der Waals surface area contributed by atoms with Gasteiger partial charge in [-0.2, -0.15) is 0 Å². The number of rotatable bonds is 6. The Morgan fingerprint density at radius 1 is 1.22 bits per heavy atom. The van der Waals surface area contributed by atoms with Crippen LogP contribution >= 0.6 is 0 Å². The monoisotopic (exact) mass is 370 g/mol. The van der Waals surface area contributed by atoms with Gasteiger partial charge in [-0.1, -0.05) is 6.07 Å². The molecule has 2 aromatic rings. The van der Waals surface area contributed by atoms with E-state index >= 15 is 0 Å². The van der Waals surface area contributed by atoms with Gasteiger partial charge in [0.1, 0.15) is 12.3 Å². The summed E-state index contributed by atoms with van der Waals surface area (Å²) in [4.78, 5) is 24.2. The molecular formula is C21H26N2O4. The van der Waals surface area contributed by atoms with Crippen LogP contribution in [0.1, 0.15) is 24.0 Å². The summed E-state index contributed by atoms with van der Waals surface area (Å²) in [5.41, 5.74) is 2.37. The Morgan fingerprint density at radius 2 is 2.00 bits per heavy atom. The number of aryl methyl sites for hydroxylation is 2. The van der Waals surface area contributed by atoms with Gasteiger partial charge in [0.25, 0.3) is 5.56 Å². The lowest BCUT2D eigenvalue weighted by atomic mass is 10.0. The van der Waals surface area contributed by atoms with Crippen LogP contribution in [0.4, 0.5) is 5.69 Å². The van der Waals surface area contributed by atoms with Gasteiger partial charge in [-0.3, -0.25) is 9.59 Å². The molecule has 27 heavy (non-hydrogen) atoms. The number of hydrogen-bond acceptors (Lipinski definition) is 4. The van der Waals surface area contributed by atoms with Crippen molar-refractivity contribution in [3.63, 3.8) is 0 Å². The molecule has 1 aliphatic heterocycles. The summed E-state index contributed by atoms with van der Waals surface area (Å²) >= 11 is 0. The van der Waals surface area contributed by atoms with Crippen molar-refractivity contribution in [3.05, 3.63) is 58.0 Å². The molecule has 0 unspecified atom stereocenters. The van der Waals surface area contributed by atoms with Crippen LogP contribution in [-0.2, 0) is 16.1 Å². The summed E-state index contributed by atoms with van der Waals surface area (Å²) < 4.78 is 12.7. The number of nitrogens with one attached hydrogen (secondary N) is 1. The van der Waals surface area contributed by atoms with E-state index in [1.54, 1.807) is 6.20 Å². The highest BCUT2D eigenvalue weighted by atomic mass is 16.5. The van der Waals surface area contributed by atoms with Gasteiger partial charge in [0.2, 0.25) is 5.91 Å². The molecule has 1 aliphatic rings. The molecule has 3 rings (SSSR count). The Bertz CT molecular complexity index is 854. The number of benzene rings is 1. The summed E-state index contributed by atoms with van der Waals surface area (Å²) in [6.45, 7) is 6.05. The molecule has 0 atom stereocenters. The average molecular weight is 370 g/mol. The van der Waals surface area contributed by atoms with Gasteiger partial charge in [-0.25, -0.2) is 0 Å². The predicted octanol–water partition coefficient (Wildman–Crippen LogP) is 2.91. The second-order valence-corrected chi connectivity index (χ2v) is 7.07. The standard InChI is InChI=1S/C21H26N2O4/c1-15-5-8-23(21(25)11-15)13-20(24)22-18-4-3-16(2)19(12-18)27-14-17-6-9-26-10-7-17/h3-5,8,11-12,17H,6-7,9-10,13-14H2,1-2H3,(H,22,24). The fraction of sp³-hybridized carbons (Fsp3) is 0.429. The Hall–Kier alpha value is -2.60. The molecule has 1 N–H and O–H groups in total. The summed E-state index contributed by atoms with van der Waals surface area (Å²) in [5, 5.41) is 2.84. The molecule has 0 saturated carbocycles. The van der Waals surface area contributed by atoms with E-state index in [0.717, 1.165) is 42.9 Å². The van der Waals surface area contributed by atoms with E-state index < -0.39 is 0 Å². The summed E-state index contributed by atoms with van der Waals surface area (Å²) in [6, 6.07) is 8.92. The van der Waals surface area contributed by atoms with Crippen molar-refractivity contribution < 1.29 is 14.3 Å². The van der Waals surface area contributed by atoms with Crippen molar-refractivity contribution in [1.82, 2.24) is 4.57 Å². The van der Waals surface area contributed by atoms with Gasteiger partial charge in [-0.15, -0.1) is 0 Å². The number of nitrogens with zero attached hydrogens (tertiary/aromatic N) is 1. The zero-order valence-electron chi connectivity index (χ0n) is 15.9. The maximum atomic E-state index is 12.3. The fourth-order valence-corrected chi connectivity index (χ4v) is 3.05. The van der Waals surface area contributed by atoms with E-state index in [1.807, 2.05) is 38.1 Å². The number of anilines is 1. The molecule has 2 heterocycles. The van der Waals surface area contributed by atoms with Crippen molar-refractivity contribution in [2.24, 2.45) is 5.92 Å². The smallest absolute Gasteiger partial charge is 0.251 e. The average Bonchev–Trinajstić information content (AvgIpc) is 2.65. The minimum Gasteiger partial charge on any atom is -0.493 e. The molecule has 0 spiro atoms. The highest BCUT2D eigenvalue weighted by Gasteiger charge is 2.15. The maximum Gasteiger partial charge on any atom is 0.251 e. The number of amides is 1. The van der Waals surface area contributed by atoms with Crippen LogP contribution in [-0.4, -0.2) is 30.3 Å². The first-order valence-corrected chi connectivity index (χ1v) is 9.29. The summed E-state index contributed by atoms with van der Waals surface area (Å²) in [5.74, 6) is 1.02. The normalized spacial score (nSPS) is 14.7. The Morgan fingerprint density at radius 3 is 2.74 bits per heavy atom. The zero-order chi connectivity index (χ0) is 19.2. The number of carbonyl (C=O) groups excluding carboxylic acids is 1. The molecule has 1 fully saturated rings. The first-order chi connectivity index (χ1) is 13.0. The Kier molecular flexibility index (Phi) is 6.29. The van der Waals surface area contributed by atoms with Crippen LogP contribution in [0.5, 0.6) is 5.75 Å². The SMILES string of the molecule is Cc1ccn(CC(=O)Nc2ccc(C)c(OCC3CCOCC3)c2)c(=O)c1. The van der Waals surface area contributed by atoms with Crippen LogP contribution < -0.4 is 15.6 Å². The number of pyridine rings is 1. The third-order valence-electron chi connectivity index (χ3n) is 4.75. The lowest BCUT2D eigenvalue weighted by molar-refractivity contribution is -0.116. The van der Waals surface area contributed by atoms with E-state index in [2.05, 4.69) is 5.32 Å². The topological polar surface area (TPSA) is 69.6 Å². The van der Waals surface area contributed by atoms with Crippen LogP contribution in [0.25, 0.3) is 0 Å². The largest absolute Gasteiger partial charge is 0.493 e. The van der Waals surface area contributed by atoms with Crippen LogP contribution in [0.15, 0.2) is 41.3 Å². The van der Waals surface area contributed by atoms with Gasteiger partial charge in [0.05, 0.1) is 6.61 Å². The number of aromatic nitrogens is 1. The minimum atomic E-state index is -0.250. The zero-order valence-corrected chi connectivity index (χ0v) is 15.9. The van der Waals surface area contributed by atoms with E-state index in [1.165, 1.54) is 10.6 Å². The first-order valence-electron chi connectivity index (χ1n) is 9.29. The molecule has 1 amide bonds. The van der Waals surface area contributed by atoms with Crippen molar-refractivity contribution >= 4 is 11.6 Å². The Labute approximate surface area is 159 Å². The Balaban J connectivity index is 1.60. The van der Waals surface area contributed by atoms with Crippen LogP contribution in [0.2, 0.25) is 0 Å². The van der Waals surface area contributed by atoms with Crippen molar-refractivity contribution in [2.75, 3.05) is 25.1 Å². The number of hydrogen-bond donors (Lipinski definition) is 1. The minimum absolute atomic E-state index is 0.0226. The fourth-order valence-electron chi connectivity index (χ4n) is 3.05. The summed E-state index contributed by atoms with van der Waals surface area (Å²) in [7, 11) is 0. The maximum absolute atomic E-state index is 12.3. The predicted molar refractivity (Wildman–Crippen MR) is 104 cm³/mol. The highest BCUT2D eigenvalue weighted by Crippen LogP contribution is 2.24. The third kappa shape index (κ3) is 5.44. The quantitative estimate of drug-likeness (QED) is 0.849. The first kappa shape index (κ1) is 19.2. The molecule has 0 radical (unpaired) electrons. The van der Waals surface area contributed by atoms with E-state index in [4.69, 9.17) is 9.47 Å². The second kappa shape index (κ2) is 8.86. The second-order valence-electron chi connectivity index (χ2n) is 7.07. The lowest BCUT2D eigenvalue weighted by Gasteiger charge is -2.22. The van der Waals surface area contributed by atoms with Gasteiger partial charge >= 0.3 is 0 Å².